The van der Waals surface area contributed by atoms with E-state index in [2.05, 4.69) is 10.2 Å². The maximum Gasteiger partial charge on any atom is 0.255 e. The Hall–Kier alpha value is -1.99. The van der Waals surface area contributed by atoms with Gasteiger partial charge in [0.25, 0.3) is 5.91 Å². The maximum atomic E-state index is 12.7. The van der Waals surface area contributed by atoms with Crippen LogP contribution in [0.4, 0.5) is 5.69 Å². The van der Waals surface area contributed by atoms with Crippen LogP contribution in [0.15, 0.2) is 12.1 Å². The molecule has 2 saturated heterocycles. The van der Waals surface area contributed by atoms with Gasteiger partial charge in [0.05, 0.1) is 23.4 Å². The molecule has 2 amide bonds. The lowest BCUT2D eigenvalue weighted by Gasteiger charge is -2.37. The molecule has 0 bridgehead atoms. The molecular formula is C22H33ClN4O3. The quantitative estimate of drug-likeness (QED) is 0.669. The number of amides is 2. The van der Waals surface area contributed by atoms with Crippen LogP contribution >= 0.6 is 11.6 Å². The van der Waals surface area contributed by atoms with Crippen LogP contribution in [0, 0.1) is 5.92 Å². The van der Waals surface area contributed by atoms with Gasteiger partial charge < -0.3 is 25.6 Å². The van der Waals surface area contributed by atoms with Gasteiger partial charge in [-0.05, 0) is 37.7 Å². The summed E-state index contributed by atoms with van der Waals surface area (Å²) in [6.45, 7) is 6.72. The molecule has 2 fully saturated rings. The zero-order chi connectivity index (χ0) is 21.7. The van der Waals surface area contributed by atoms with E-state index in [9.17, 15) is 9.59 Å². The Balaban J connectivity index is 1.45. The second kappa shape index (κ2) is 10.4. The topological polar surface area (TPSA) is 87.9 Å². The van der Waals surface area contributed by atoms with E-state index < -0.39 is 0 Å². The van der Waals surface area contributed by atoms with Gasteiger partial charge in [-0.25, -0.2) is 0 Å². The van der Waals surface area contributed by atoms with E-state index >= 15 is 0 Å². The summed E-state index contributed by atoms with van der Waals surface area (Å²) >= 11 is 6.09. The van der Waals surface area contributed by atoms with Gasteiger partial charge in [-0.1, -0.05) is 18.5 Å². The third kappa shape index (κ3) is 5.58. The number of nitrogens with two attached hydrogens (primary N) is 1. The maximum absolute atomic E-state index is 12.7. The Morgan fingerprint density at radius 3 is 2.43 bits per heavy atom. The molecule has 2 heterocycles. The van der Waals surface area contributed by atoms with Gasteiger partial charge in [0.2, 0.25) is 5.91 Å². The number of nitrogens with one attached hydrogen (secondary N) is 1. The van der Waals surface area contributed by atoms with Crippen molar-refractivity contribution in [2.45, 2.75) is 45.1 Å². The minimum atomic E-state index is -0.180. The average Bonchev–Trinajstić information content (AvgIpc) is 2.76. The number of ether oxygens (including phenoxy) is 1. The third-order valence-corrected chi connectivity index (χ3v) is 6.60. The molecule has 30 heavy (non-hydrogen) atoms. The molecule has 1 aromatic carbocycles. The summed E-state index contributed by atoms with van der Waals surface area (Å²) in [5.41, 5.74) is 6.60. The Morgan fingerprint density at radius 2 is 1.83 bits per heavy atom. The summed E-state index contributed by atoms with van der Waals surface area (Å²) in [7, 11) is 1.51. The van der Waals surface area contributed by atoms with Crippen LogP contribution in [0.2, 0.25) is 5.02 Å². The van der Waals surface area contributed by atoms with Crippen molar-refractivity contribution in [3.8, 4) is 5.75 Å². The fourth-order valence-electron chi connectivity index (χ4n) is 4.39. The Morgan fingerprint density at radius 1 is 1.17 bits per heavy atom. The van der Waals surface area contributed by atoms with E-state index in [1.165, 1.54) is 7.11 Å². The number of methoxy groups -OCH3 is 1. The normalized spacial score (nSPS) is 19.0. The number of carbonyl (C=O) groups is 2. The number of benzene rings is 1. The van der Waals surface area contributed by atoms with Gasteiger partial charge in [0, 0.05) is 51.3 Å². The highest BCUT2D eigenvalue weighted by atomic mass is 35.5. The highest BCUT2D eigenvalue weighted by Crippen LogP contribution is 2.29. The van der Waals surface area contributed by atoms with Crippen molar-refractivity contribution in [2.24, 2.45) is 5.92 Å². The van der Waals surface area contributed by atoms with Crippen molar-refractivity contribution >= 4 is 29.1 Å². The molecule has 3 rings (SSSR count). The zero-order valence-electron chi connectivity index (χ0n) is 18.0. The number of nitrogens with zero attached hydrogens (tertiary/aromatic N) is 2. The zero-order valence-corrected chi connectivity index (χ0v) is 18.7. The fraction of sp³-hybridized carbons (Fsp3) is 0.636. The summed E-state index contributed by atoms with van der Waals surface area (Å²) in [5.74, 6) is 1.17. The lowest BCUT2D eigenvalue weighted by atomic mass is 9.94. The van der Waals surface area contributed by atoms with Crippen molar-refractivity contribution in [1.29, 1.82) is 0 Å². The molecule has 8 heteroatoms. The van der Waals surface area contributed by atoms with Crippen LogP contribution in [0.1, 0.15) is 49.4 Å². The van der Waals surface area contributed by atoms with Gasteiger partial charge in [-0.15, -0.1) is 0 Å². The molecule has 0 radical (unpaired) electrons. The van der Waals surface area contributed by atoms with Crippen LogP contribution in [-0.4, -0.2) is 67.5 Å². The number of hydrogen-bond donors (Lipinski definition) is 2. The van der Waals surface area contributed by atoms with Crippen LogP contribution in [0.3, 0.4) is 0 Å². The number of rotatable bonds is 6. The number of likely N-dealkylation sites (tertiary alicyclic amines) is 2. The first-order valence-corrected chi connectivity index (χ1v) is 11.2. The number of hydrogen-bond acceptors (Lipinski definition) is 5. The van der Waals surface area contributed by atoms with Crippen LogP contribution in [-0.2, 0) is 4.79 Å². The lowest BCUT2D eigenvalue weighted by Crippen LogP contribution is -2.47. The van der Waals surface area contributed by atoms with E-state index in [0.29, 0.717) is 34.4 Å². The van der Waals surface area contributed by atoms with Crippen molar-refractivity contribution in [3.05, 3.63) is 22.7 Å². The molecule has 2 aliphatic rings. The van der Waals surface area contributed by atoms with E-state index in [-0.39, 0.29) is 17.9 Å². The molecule has 166 valence electrons. The Kier molecular flexibility index (Phi) is 7.83. The second-order valence-electron chi connectivity index (χ2n) is 8.30. The molecule has 0 aliphatic carbocycles. The number of anilines is 1. The summed E-state index contributed by atoms with van der Waals surface area (Å²) in [4.78, 5) is 29.0. The van der Waals surface area contributed by atoms with Crippen LogP contribution < -0.4 is 15.8 Å². The van der Waals surface area contributed by atoms with E-state index in [0.717, 1.165) is 58.4 Å². The predicted molar refractivity (Wildman–Crippen MR) is 119 cm³/mol. The van der Waals surface area contributed by atoms with Crippen LogP contribution in [0.5, 0.6) is 5.75 Å². The van der Waals surface area contributed by atoms with E-state index in [1.54, 1.807) is 12.1 Å². The molecule has 0 aromatic heterocycles. The second-order valence-corrected chi connectivity index (χ2v) is 8.71. The third-order valence-electron chi connectivity index (χ3n) is 6.27. The van der Waals surface area contributed by atoms with Crippen LogP contribution in [0.25, 0.3) is 0 Å². The average molecular weight is 437 g/mol. The monoisotopic (exact) mass is 436 g/mol. The number of halogens is 1. The highest BCUT2D eigenvalue weighted by molar-refractivity contribution is 6.33. The van der Waals surface area contributed by atoms with Crippen molar-refractivity contribution in [1.82, 2.24) is 15.1 Å². The molecule has 0 saturated carbocycles. The predicted octanol–water partition coefficient (Wildman–Crippen LogP) is 2.77. The standard InChI is InChI=1S/C22H33ClN4O3/c1-3-21(28)27-10-4-15(5-11-27)14-26-8-6-16(7-9-26)25-22(29)17-12-18(23)19(24)13-20(17)30-2/h12-13,15-16H,3-11,14,24H2,1-2H3,(H,25,29). The van der Waals surface area contributed by atoms with E-state index in [4.69, 9.17) is 22.1 Å². The number of carbonyl (C=O) groups excluding carboxylic acids is 2. The van der Waals surface area contributed by atoms with E-state index in [1.807, 2.05) is 11.8 Å². The summed E-state index contributed by atoms with van der Waals surface area (Å²) in [6, 6.07) is 3.29. The molecule has 0 unspecified atom stereocenters. The van der Waals surface area contributed by atoms with Gasteiger partial charge >= 0.3 is 0 Å². The number of piperidine rings is 2. The molecule has 2 aliphatic heterocycles. The summed E-state index contributed by atoms with van der Waals surface area (Å²) < 4.78 is 5.29. The first kappa shape index (κ1) is 22.7. The summed E-state index contributed by atoms with van der Waals surface area (Å²) in [6.07, 6.45) is 4.60. The van der Waals surface area contributed by atoms with Gasteiger partial charge in [0.15, 0.2) is 0 Å². The van der Waals surface area contributed by atoms with Gasteiger partial charge in [-0.2, -0.15) is 0 Å². The Labute approximate surface area is 183 Å². The van der Waals surface area contributed by atoms with Gasteiger partial charge in [0.1, 0.15) is 5.75 Å². The first-order valence-electron chi connectivity index (χ1n) is 10.8. The molecule has 3 N–H and O–H groups in total. The highest BCUT2D eigenvalue weighted by Gasteiger charge is 2.27. The SMILES string of the molecule is CCC(=O)N1CCC(CN2CCC(NC(=O)c3cc(Cl)c(N)cc3OC)CC2)CC1. The summed E-state index contributed by atoms with van der Waals surface area (Å²) in [5, 5.41) is 3.47. The minimum Gasteiger partial charge on any atom is -0.496 e. The minimum absolute atomic E-state index is 0.138. The molecule has 0 atom stereocenters. The Bertz CT molecular complexity index is 757. The van der Waals surface area contributed by atoms with Gasteiger partial charge in [-0.3, -0.25) is 9.59 Å². The largest absolute Gasteiger partial charge is 0.496 e. The number of nitrogen functional groups attached to an aromatic ring is 1. The molecule has 0 spiro atoms. The molecular weight excluding hydrogens is 404 g/mol. The smallest absolute Gasteiger partial charge is 0.255 e. The fourth-order valence-corrected chi connectivity index (χ4v) is 4.56. The lowest BCUT2D eigenvalue weighted by molar-refractivity contribution is -0.132. The van der Waals surface area contributed by atoms with Crippen molar-refractivity contribution < 1.29 is 14.3 Å². The van der Waals surface area contributed by atoms with Crippen molar-refractivity contribution in [2.75, 3.05) is 45.6 Å². The molecule has 1 aromatic rings. The first-order chi connectivity index (χ1) is 14.4. The molecule has 7 nitrogen and oxygen atoms in total. The van der Waals surface area contributed by atoms with Crippen molar-refractivity contribution in [3.63, 3.8) is 0 Å².